The van der Waals surface area contributed by atoms with Gasteiger partial charge in [-0.25, -0.2) is 0 Å². The minimum atomic E-state index is -0.593. The number of benzene rings is 2. The molecule has 0 saturated carbocycles. The van der Waals surface area contributed by atoms with Gasteiger partial charge in [0, 0.05) is 16.1 Å². The van der Waals surface area contributed by atoms with Crippen molar-refractivity contribution >= 4 is 40.9 Å². The number of halogens is 2. The first-order valence-electron chi connectivity index (χ1n) is 9.50. The summed E-state index contributed by atoms with van der Waals surface area (Å²) in [4.78, 5) is 12.7. The van der Waals surface area contributed by atoms with Crippen LogP contribution in [0.4, 0.5) is 5.69 Å². The van der Waals surface area contributed by atoms with Crippen molar-refractivity contribution in [3.63, 3.8) is 0 Å². The highest BCUT2D eigenvalue weighted by Crippen LogP contribution is 2.40. The van der Waals surface area contributed by atoms with E-state index in [2.05, 4.69) is 5.32 Å². The molecular weight excluding hydrogens is 419 g/mol. The van der Waals surface area contributed by atoms with Crippen LogP contribution in [0.3, 0.4) is 0 Å². The molecule has 30 heavy (non-hydrogen) atoms. The second kappa shape index (κ2) is 8.71. The quantitative estimate of drug-likeness (QED) is 0.401. The molecule has 0 fully saturated rings. The van der Waals surface area contributed by atoms with E-state index in [-0.39, 0.29) is 22.2 Å². The molecule has 0 spiro atoms. The molecule has 2 rings (SSSR count). The molecule has 0 radical (unpaired) electrons. The average Bonchev–Trinajstić information content (AvgIpc) is 2.61. The summed E-state index contributed by atoms with van der Waals surface area (Å²) in [6.07, 6.45) is 1.51. The molecule has 2 N–H and O–H groups in total. The van der Waals surface area contributed by atoms with Gasteiger partial charge < -0.3 is 10.4 Å². The van der Waals surface area contributed by atoms with Gasteiger partial charge in [-0.2, -0.15) is 5.26 Å². The number of amides is 1. The number of carbonyl (C=O) groups is 1. The van der Waals surface area contributed by atoms with Gasteiger partial charge in [0.15, 0.2) is 0 Å². The van der Waals surface area contributed by atoms with Crippen molar-refractivity contribution in [2.24, 2.45) is 0 Å². The number of phenols is 1. The summed E-state index contributed by atoms with van der Waals surface area (Å²) >= 11 is 12.1. The Balaban J connectivity index is 2.54. The second-order valence-corrected chi connectivity index (χ2v) is 10.1. The van der Waals surface area contributed by atoms with E-state index in [0.717, 1.165) is 11.1 Å². The number of carbonyl (C=O) groups excluding carboxylic acids is 1. The molecule has 0 atom stereocenters. The van der Waals surface area contributed by atoms with E-state index in [9.17, 15) is 15.2 Å². The molecule has 0 heterocycles. The van der Waals surface area contributed by atoms with Crippen LogP contribution in [0.2, 0.25) is 10.0 Å². The normalized spacial score (nSPS) is 12.4. The highest BCUT2D eigenvalue weighted by atomic mass is 35.5. The Kier molecular flexibility index (Phi) is 6.91. The van der Waals surface area contributed by atoms with E-state index in [1.54, 1.807) is 12.1 Å². The maximum absolute atomic E-state index is 12.7. The molecule has 0 aliphatic heterocycles. The van der Waals surface area contributed by atoms with E-state index in [4.69, 9.17) is 23.2 Å². The molecular formula is C24H26Cl2N2O2. The fraction of sp³-hybridized carbons (Fsp3) is 0.333. The molecule has 0 aliphatic carbocycles. The SMILES string of the molecule is CC(C)(C)c1cc(/C=C(/C#N)C(=O)Nc2cc(Cl)ccc2Cl)cc(C(C)(C)C)c1O. The molecule has 4 nitrogen and oxygen atoms in total. The van der Waals surface area contributed by atoms with Gasteiger partial charge in [-0.1, -0.05) is 64.7 Å². The lowest BCUT2D eigenvalue weighted by atomic mass is 9.78. The van der Waals surface area contributed by atoms with Crippen molar-refractivity contribution in [1.82, 2.24) is 0 Å². The first-order valence-corrected chi connectivity index (χ1v) is 10.3. The monoisotopic (exact) mass is 444 g/mol. The van der Waals surface area contributed by atoms with Crippen LogP contribution in [-0.2, 0) is 15.6 Å². The molecule has 0 bridgehead atoms. The summed E-state index contributed by atoms with van der Waals surface area (Å²) in [7, 11) is 0. The van der Waals surface area contributed by atoms with Gasteiger partial charge in [0.2, 0.25) is 0 Å². The number of nitrogens with zero attached hydrogens (tertiary/aromatic N) is 1. The minimum absolute atomic E-state index is 0.0866. The Bertz CT molecular complexity index is 1020. The lowest BCUT2D eigenvalue weighted by molar-refractivity contribution is -0.112. The third kappa shape index (κ3) is 5.56. The van der Waals surface area contributed by atoms with Crippen molar-refractivity contribution < 1.29 is 9.90 Å². The highest BCUT2D eigenvalue weighted by molar-refractivity contribution is 6.36. The van der Waals surface area contributed by atoms with Crippen molar-refractivity contribution in [1.29, 1.82) is 5.26 Å². The molecule has 1 amide bonds. The maximum Gasteiger partial charge on any atom is 0.266 e. The molecule has 158 valence electrons. The highest BCUT2D eigenvalue weighted by Gasteiger charge is 2.26. The zero-order chi connectivity index (χ0) is 22.9. The summed E-state index contributed by atoms with van der Waals surface area (Å²) in [5.74, 6) is -0.356. The first-order chi connectivity index (χ1) is 13.7. The number of anilines is 1. The van der Waals surface area contributed by atoms with Crippen LogP contribution >= 0.6 is 23.2 Å². The van der Waals surface area contributed by atoms with Crippen LogP contribution < -0.4 is 5.32 Å². The van der Waals surface area contributed by atoms with Gasteiger partial charge in [0.05, 0.1) is 10.7 Å². The van der Waals surface area contributed by atoms with E-state index in [0.29, 0.717) is 21.3 Å². The fourth-order valence-electron chi connectivity index (χ4n) is 2.98. The summed E-state index contributed by atoms with van der Waals surface area (Å²) in [5, 5.41) is 23.8. The number of nitrogens with one attached hydrogen (secondary N) is 1. The zero-order valence-corrected chi connectivity index (χ0v) is 19.5. The van der Waals surface area contributed by atoms with Crippen LogP contribution in [0, 0.1) is 11.3 Å². The Morgan fingerprint density at radius 1 is 1.03 bits per heavy atom. The molecule has 6 heteroatoms. The molecule has 0 aliphatic rings. The number of rotatable bonds is 3. The summed E-state index contributed by atoms with van der Waals surface area (Å²) < 4.78 is 0. The van der Waals surface area contributed by atoms with Gasteiger partial charge in [-0.3, -0.25) is 4.79 Å². The first kappa shape index (κ1) is 23.8. The third-order valence-electron chi connectivity index (χ3n) is 4.60. The van der Waals surface area contributed by atoms with Gasteiger partial charge in [0.25, 0.3) is 5.91 Å². The maximum atomic E-state index is 12.7. The summed E-state index contributed by atoms with van der Waals surface area (Å²) in [5.41, 5.74) is 1.75. The van der Waals surface area contributed by atoms with Crippen LogP contribution in [-0.4, -0.2) is 11.0 Å². The summed E-state index contributed by atoms with van der Waals surface area (Å²) in [6.45, 7) is 12.0. The topological polar surface area (TPSA) is 73.1 Å². The van der Waals surface area contributed by atoms with Crippen molar-refractivity contribution in [3.05, 3.63) is 62.6 Å². The molecule has 2 aromatic carbocycles. The van der Waals surface area contributed by atoms with Crippen molar-refractivity contribution in [2.45, 2.75) is 52.4 Å². The standard InChI is InChI=1S/C24H26Cl2N2O2/c1-23(2,3)17-10-14(11-18(21(17)29)24(4,5)6)9-15(13-27)22(30)28-20-12-16(25)7-8-19(20)26/h7-12,29H,1-6H3,(H,28,30)/b15-9-. The number of aromatic hydroxyl groups is 1. The van der Waals surface area contributed by atoms with Crippen LogP contribution in [0.15, 0.2) is 35.9 Å². The Morgan fingerprint density at radius 3 is 2.03 bits per heavy atom. The largest absolute Gasteiger partial charge is 0.507 e. The van der Waals surface area contributed by atoms with Gasteiger partial charge in [-0.15, -0.1) is 0 Å². The molecule has 2 aromatic rings. The van der Waals surface area contributed by atoms with Gasteiger partial charge in [-0.05, 0) is 52.8 Å². The average molecular weight is 445 g/mol. The molecule has 0 saturated heterocycles. The van der Waals surface area contributed by atoms with E-state index in [1.807, 2.05) is 59.7 Å². The van der Waals surface area contributed by atoms with E-state index < -0.39 is 5.91 Å². The molecule has 0 unspecified atom stereocenters. The van der Waals surface area contributed by atoms with Crippen molar-refractivity contribution in [3.8, 4) is 11.8 Å². The van der Waals surface area contributed by atoms with Crippen LogP contribution in [0.25, 0.3) is 6.08 Å². The van der Waals surface area contributed by atoms with Gasteiger partial charge >= 0.3 is 0 Å². The van der Waals surface area contributed by atoms with Crippen molar-refractivity contribution in [2.75, 3.05) is 5.32 Å². The zero-order valence-electron chi connectivity index (χ0n) is 18.0. The minimum Gasteiger partial charge on any atom is -0.507 e. The lowest BCUT2D eigenvalue weighted by Crippen LogP contribution is -2.18. The Labute approximate surface area is 188 Å². The Morgan fingerprint density at radius 2 is 1.57 bits per heavy atom. The number of nitriles is 1. The Hall–Kier alpha value is -2.48. The molecule has 0 aromatic heterocycles. The second-order valence-electron chi connectivity index (χ2n) is 9.21. The van der Waals surface area contributed by atoms with Crippen LogP contribution in [0.1, 0.15) is 58.2 Å². The van der Waals surface area contributed by atoms with Gasteiger partial charge in [0.1, 0.15) is 17.4 Å². The number of hydrogen-bond acceptors (Lipinski definition) is 3. The third-order valence-corrected chi connectivity index (χ3v) is 5.17. The van der Waals surface area contributed by atoms with Crippen LogP contribution in [0.5, 0.6) is 5.75 Å². The lowest BCUT2D eigenvalue weighted by Gasteiger charge is -2.28. The number of hydrogen-bond donors (Lipinski definition) is 2. The predicted octanol–water partition coefficient (Wildman–Crippen LogP) is 6.84. The smallest absolute Gasteiger partial charge is 0.266 e. The predicted molar refractivity (Wildman–Crippen MR) is 124 cm³/mol. The van der Waals surface area contributed by atoms with E-state index in [1.165, 1.54) is 12.1 Å². The summed E-state index contributed by atoms with van der Waals surface area (Å²) in [6, 6.07) is 10.3. The number of phenolic OH excluding ortho intramolecular Hbond substituents is 1. The fourth-order valence-corrected chi connectivity index (χ4v) is 3.32. The van der Waals surface area contributed by atoms with E-state index >= 15 is 0 Å².